The van der Waals surface area contributed by atoms with E-state index in [2.05, 4.69) is 13.8 Å². The normalized spacial score (nSPS) is 10.5. The molecule has 0 bridgehead atoms. The first-order chi connectivity index (χ1) is 9.12. The van der Waals surface area contributed by atoms with Crippen molar-refractivity contribution in [3.8, 4) is 5.75 Å². The van der Waals surface area contributed by atoms with E-state index in [1.165, 1.54) is 0 Å². The van der Waals surface area contributed by atoms with Crippen molar-refractivity contribution in [3.05, 3.63) is 23.8 Å². The average Bonchev–Trinajstić information content (AvgIpc) is 2.42. The molecule has 0 aliphatic carbocycles. The van der Waals surface area contributed by atoms with Crippen LogP contribution in [0.25, 0.3) is 0 Å². The molecule has 4 heteroatoms. The zero-order chi connectivity index (χ0) is 14.3. The van der Waals surface area contributed by atoms with Crippen LogP contribution in [-0.4, -0.2) is 19.2 Å². The first-order valence-corrected chi connectivity index (χ1v) is 6.81. The van der Waals surface area contributed by atoms with E-state index in [1.54, 1.807) is 25.1 Å². The van der Waals surface area contributed by atoms with Crippen molar-refractivity contribution in [1.82, 2.24) is 0 Å². The van der Waals surface area contributed by atoms with Crippen LogP contribution in [-0.2, 0) is 4.74 Å². The Labute approximate surface area is 114 Å². The summed E-state index contributed by atoms with van der Waals surface area (Å²) >= 11 is 0. The summed E-state index contributed by atoms with van der Waals surface area (Å²) < 4.78 is 10.7. The van der Waals surface area contributed by atoms with E-state index in [-0.39, 0.29) is 5.97 Å². The maximum Gasteiger partial charge on any atom is 0.338 e. The molecular formula is C15H23NO3. The Balaban J connectivity index is 2.77. The smallest absolute Gasteiger partial charge is 0.338 e. The fourth-order valence-corrected chi connectivity index (χ4v) is 1.73. The molecule has 19 heavy (non-hydrogen) atoms. The molecule has 0 radical (unpaired) electrons. The second kappa shape index (κ2) is 7.67. The summed E-state index contributed by atoms with van der Waals surface area (Å²) in [5.41, 5.74) is 6.86. The highest BCUT2D eigenvalue weighted by Gasteiger charge is 2.11. The number of carbonyl (C=O) groups is 1. The predicted molar refractivity (Wildman–Crippen MR) is 76.4 cm³/mol. The van der Waals surface area contributed by atoms with Crippen LogP contribution >= 0.6 is 0 Å². The summed E-state index contributed by atoms with van der Waals surface area (Å²) in [6.45, 7) is 7.02. The third-order valence-corrected chi connectivity index (χ3v) is 3.15. The molecule has 0 saturated carbocycles. The second-order valence-electron chi connectivity index (χ2n) is 4.47. The molecule has 0 amide bonds. The van der Waals surface area contributed by atoms with Gasteiger partial charge in [0, 0.05) is 0 Å². The topological polar surface area (TPSA) is 61.5 Å². The summed E-state index contributed by atoms with van der Waals surface area (Å²) in [6.07, 6.45) is 2.13. The lowest BCUT2D eigenvalue weighted by molar-refractivity contribution is 0.0526. The van der Waals surface area contributed by atoms with Crippen molar-refractivity contribution >= 4 is 11.7 Å². The quantitative estimate of drug-likeness (QED) is 0.607. The van der Waals surface area contributed by atoms with Gasteiger partial charge in [-0.3, -0.25) is 0 Å². The average molecular weight is 265 g/mol. The Hall–Kier alpha value is -1.71. The van der Waals surface area contributed by atoms with Gasteiger partial charge in [0.2, 0.25) is 0 Å². The molecule has 4 nitrogen and oxygen atoms in total. The number of carbonyl (C=O) groups excluding carboxylic acids is 1. The highest BCUT2D eigenvalue weighted by molar-refractivity contribution is 5.90. The molecule has 0 spiro atoms. The van der Waals surface area contributed by atoms with Crippen LogP contribution in [0.3, 0.4) is 0 Å². The van der Waals surface area contributed by atoms with Gasteiger partial charge in [-0.1, -0.05) is 26.7 Å². The Morgan fingerprint density at radius 2 is 1.95 bits per heavy atom. The van der Waals surface area contributed by atoms with Gasteiger partial charge in [-0.15, -0.1) is 0 Å². The SMILES string of the molecule is CCOC(=O)c1ccc(N)c(OCC(CC)CC)c1. The van der Waals surface area contributed by atoms with Crippen LogP contribution < -0.4 is 10.5 Å². The van der Waals surface area contributed by atoms with Gasteiger partial charge in [0.05, 0.1) is 24.5 Å². The molecule has 1 rings (SSSR count). The third-order valence-electron chi connectivity index (χ3n) is 3.15. The van der Waals surface area contributed by atoms with Crippen molar-refractivity contribution in [3.63, 3.8) is 0 Å². The number of esters is 1. The minimum absolute atomic E-state index is 0.352. The number of anilines is 1. The molecule has 0 unspecified atom stereocenters. The Kier molecular flexibility index (Phi) is 6.19. The monoisotopic (exact) mass is 265 g/mol. The zero-order valence-corrected chi connectivity index (χ0v) is 11.9. The lowest BCUT2D eigenvalue weighted by atomic mass is 10.1. The van der Waals surface area contributed by atoms with E-state index < -0.39 is 0 Å². The molecule has 0 fully saturated rings. The van der Waals surface area contributed by atoms with Crippen molar-refractivity contribution in [2.45, 2.75) is 33.6 Å². The standard InChI is InChI=1S/C15H23NO3/c1-4-11(5-2)10-19-14-9-12(7-8-13(14)16)15(17)18-6-3/h7-9,11H,4-6,10,16H2,1-3H3. The van der Waals surface area contributed by atoms with Gasteiger partial charge in [0.1, 0.15) is 5.75 Å². The van der Waals surface area contributed by atoms with Gasteiger partial charge >= 0.3 is 5.97 Å². The van der Waals surface area contributed by atoms with Gasteiger partial charge < -0.3 is 15.2 Å². The largest absolute Gasteiger partial charge is 0.491 e. The molecule has 106 valence electrons. The number of hydrogen-bond acceptors (Lipinski definition) is 4. The zero-order valence-electron chi connectivity index (χ0n) is 11.9. The van der Waals surface area contributed by atoms with Crippen LogP contribution in [0, 0.1) is 5.92 Å². The number of nitrogen functional groups attached to an aromatic ring is 1. The van der Waals surface area contributed by atoms with Crippen molar-refractivity contribution in [1.29, 1.82) is 0 Å². The lowest BCUT2D eigenvalue weighted by Gasteiger charge is -2.15. The molecule has 2 N–H and O–H groups in total. The molecule has 0 aliphatic rings. The summed E-state index contributed by atoms with van der Waals surface area (Å²) in [4.78, 5) is 11.6. The summed E-state index contributed by atoms with van der Waals surface area (Å²) in [6, 6.07) is 4.97. The predicted octanol–water partition coefficient (Wildman–Crippen LogP) is 3.26. The van der Waals surface area contributed by atoms with Crippen LogP contribution in [0.2, 0.25) is 0 Å². The molecule has 0 aliphatic heterocycles. The highest BCUT2D eigenvalue weighted by Crippen LogP contribution is 2.24. The van der Waals surface area contributed by atoms with E-state index in [4.69, 9.17) is 15.2 Å². The number of benzene rings is 1. The van der Waals surface area contributed by atoms with Crippen molar-refractivity contribution in [2.24, 2.45) is 5.92 Å². The van der Waals surface area contributed by atoms with E-state index >= 15 is 0 Å². The number of rotatable bonds is 7. The molecule has 0 aromatic heterocycles. The number of ether oxygens (including phenoxy) is 2. The first-order valence-electron chi connectivity index (χ1n) is 6.81. The van der Waals surface area contributed by atoms with E-state index in [9.17, 15) is 4.79 Å². The minimum atomic E-state index is -0.352. The molecule has 0 atom stereocenters. The maximum absolute atomic E-state index is 11.6. The summed E-state index contributed by atoms with van der Waals surface area (Å²) in [5, 5.41) is 0. The fraction of sp³-hybridized carbons (Fsp3) is 0.533. The van der Waals surface area contributed by atoms with Crippen LogP contribution in [0.1, 0.15) is 44.0 Å². The molecular weight excluding hydrogens is 242 g/mol. The van der Waals surface area contributed by atoms with Gasteiger partial charge in [-0.2, -0.15) is 0 Å². The Morgan fingerprint density at radius 1 is 1.26 bits per heavy atom. The van der Waals surface area contributed by atoms with Gasteiger partial charge in [-0.25, -0.2) is 4.79 Å². The summed E-state index contributed by atoms with van der Waals surface area (Å²) in [7, 11) is 0. The van der Waals surface area contributed by atoms with Crippen molar-refractivity contribution in [2.75, 3.05) is 18.9 Å². The Bertz CT molecular complexity index is 414. The van der Waals surface area contributed by atoms with Crippen LogP contribution in [0.5, 0.6) is 5.75 Å². The highest BCUT2D eigenvalue weighted by atomic mass is 16.5. The Morgan fingerprint density at radius 3 is 2.53 bits per heavy atom. The van der Waals surface area contributed by atoms with Gasteiger partial charge in [0.25, 0.3) is 0 Å². The van der Waals surface area contributed by atoms with Gasteiger partial charge in [-0.05, 0) is 31.0 Å². The summed E-state index contributed by atoms with van der Waals surface area (Å²) in [5.74, 6) is 0.706. The van der Waals surface area contributed by atoms with Crippen molar-refractivity contribution < 1.29 is 14.3 Å². The van der Waals surface area contributed by atoms with Crippen LogP contribution in [0.15, 0.2) is 18.2 Å². The molecule has 0 heterocycles. The fourth-order valence-electron chi connectivity index (χ4n) is 1.73. The van der Waals surface area contributed by atoms with E-state index in [1.807, 2.05) is 0 Å². The van der Waals surface area contributed by atoms with Crippen LogP contribution in [0.4, 0.5) is 5.69 Å². The van der Waals surface area contributed by atoms with Gasteiger partial charge in [0.15, 0.2) is 0 Å². The lowest BCUT2D eigenvalue weighted by Crippen LogP contribution is -2.12. The molecule has 0 saturated heterocycles. The maximum atomic E-state index is 11.6. The minimum Gasteiger partial charge on any atom is -0.491 e. The first kappa shape index (κ1) is 15.3. The van der Waals surface area contributed by atoms with E-state index in [0.717, 1.165) is 12.8 Å². The number of nitrogens with two attached hydrogens (primary N) is 1. The molecule has 1 aromatic rings. The second-order valence-corrected chi connectivity index (χ2v) is 4.47. The third kappa shape index (κ3) is 4.47. The molecule has 1 aromatic carbocycles. The number of hydrogen-bond donors (Lipinski definition) is 1. The van der Waals surface area contributed by atoms with E-state index in [0.29, 0.717) is 36.1 Å².